The maximum Gasteiger partial charge on any atom is 0.331 e. The van der Waals surface area contributed by atoms with E-state index in [1.807, 2.05) is 31.2 Å². The lowest BCUT2D eigenvalue weighted by atomic mass is 10.0. The minimum absolute atomic E-state index is 0.215. The maximum atomic E-state index is 13.4. The monoisotopic (exact) mass is 427 g/mol. The van der Waals surface area contributed by atoms with Gasteiger partial charge in [0.2, 0.25) is 0 Å². The van der Waals surface area contributed by atoms with E-state index < -0.39 is 11.5 Å². The number of aryl methyl sites for hydroxylation is 3. The highest BCUT2D eigenvalue weighted by Crippen LogP contribution is 2.30. The normalized spacial score (nSPS) is 11.5. The van der Waals surface area contributed by atoms with E-state index in [2.05, 4.69) is 10.3 Å². The summed E-state index contributed by atoms with van der Waals surface area (Å²) < 4.78 is 6.49. The van der Waals surface area contributed by atoms with Gasteiger partial charge in [-0.3, -0.25) is 14.2 Å². The van der Waals surface area contributed by atoms with Gasteiger partial charge >= 0.3 is 5.97 Å². The Morgan fingerprint density at radius 2 is 1.87 bits per heavy atom. The van der Waals surface area contributed by atoms with Crippen molar-refractivity contribution in [1.82, 2.24) is 9.55 Å². The predicted molar refractivity (Wildman–Crippen MR) is 118 cm³/mol. The topological polar surface area (TPSA) is 90.3 Å². The first-order valence-electron chi connectivity index (χ1n) is 9.67. The number of rotatable bonds is 5. The molecule has 0 saturated carbocycles. The lowest BCUT2D eigenvalue weighted by Gasteiger charge is -2.26. The van der Waals surface area contributed by atoms with Crippen LogP contribution in [0.2, 0.25) is 0 Å². The minimum Gasteiger partial charge on any atom is -0.464 e. The number of amides is 1. The number of carbonyl (C=O) groups is 2. The smallest absolute Gasteiger partial charge is 0.331 e. The van der Waals surface area contributed by atoms with Gasteiger partial charge in [-0.25, -0.2) is 9.78 Å². The van der Waals surface area contributed by atoms with E-state index in [-0.39, 0.29) is 18.1 Å². The Labute approximate surface area is 178 Å². The van der Waals surface area contributed by atoms with Crippen LogP contribution in [0.4, 0.5) is 5.69 Å². The molecule has 1 N–H and O–H groups in total. The first-order valence-corrected chi connectivity index (χ1v) is 10.5. The van der Waals surface area contributed by atoms with E-state index in [1.54, 1.807) is 34.6 Å². The molecule has 0 aliphatic rings. The molecular formula is C22H25N3O4S. The van der Waals surface area contributed by atoms with Crippen LogP contribution in [0.5, 0.6) is 0 Å². The molecule has 30 heavy (non-hydrogen) atoms. The molecule has 0 saturated heterocycles. The van der Waals surface area contributed by atoms with Gasteiger partial charge in [0, 0.05) is 5.69 Å². The van der Waals surface area contributed by atoms with Crippen LogP contribution in [-0.4, -0.2) is 28.0 Å². The summed E-state index contributed by atoms with van der Waals surface area (Å²) in [6.07, 6.45) is 0. The van der Waals surface area contributed by atoms with Crippen molar-refractivity contribution in [1.29, 1.82) is 0 Å². The minimum atomic E-state index is -1.23. The molecule has 8 heteroatoms. The lowest BCUT2D eigenvalue weighted by molar-refractivity contribution is -0.152. The summed E-state index contributed by atoms with van der Waals surface area (Å²) in [5.41, 5.74) is 0.615. The average molecular weight is 428 g/mol. The first kappa shape index (κ1) is 21.7. The molecule has 7 nitrogen and oxygen atoms in total. The number of nitrogens with one attached hydrogen (secondary N) is 1. The molecule has 3 rings (SSSR count). The second-order valence-electron chi connectivity index (χ2n) is 7.58. The van der Waals surface area contributed by atoms with Crippen molar-refractivity contribution >= 4 is 39.1 Å². The average Bonchev–Trinajstić information content (AvgIpc) is 3.00. The van der Waals surface area contributed by atoms with E-state index >= 15 is 0 Å². The second-order valence-corrected chi connectivity index (χ2v) is 8.58. The van der Waals surface area contributed by atoms with Crippen molar-refractivity contribution in [3.8, 4) is 0 Å². The van der Waals surface area contributed by atoms with Crippen LogP contribution in [0.1, 0.15) is 47.4 Å². The summed E-state index contributed by atoms with van der Waals surface area (Å²) >= 11 is 1.17. The molecule has 1 amide bonds. The van der Waals surface area contributed by atoms with Crippen molar-refractivity contribution in [2.24, 2.45) is 0 Å². The van der Waals surface area contributed by atoms with Gasteiger partial charge in [-0.2, -0.15) is 0 Å². The van der Waals surface area contributed by atoms with E-state index in [9.17, 15) is 14.4 Å². The number of fused-ring (bicyclic) bond motifs is 1. The van der Waals surface area contributed by atoms with Crippen LogP contribution >= 0.6 is 11.3 Å². The molecule has 3 aromatic rings. The van der Waals surface area contributed by atoms with Gasteiger partial charge in [-0.15, -0.1) is 11.3 Å². The summed E-state index contributed by atoms with van der Waals surface area (Å²) in [4.78, 5) is 44.2. The molecule has 158 valence electrons. The first-order chi connectivity index (χ1) is 14.1. The fourth-order valence-corrected chi connectivity index (χ4v) is 4.56. The van der Waals surface area contributed by atoms with Crippen molar-refractivity contribution in [2.45, 2.75) is 47.1 Å². The van der Waals surface area contributed by atoms with E-state index in [0.29, 0.717) is 32.2 Å². The third-order valence-corrected chi connectivity index (χ3v) is 6.25. The van der Waals surface area contributed by atoms with Crippen LogP contribution in [0.25, 0.3) is 10.2 Å². The molecule has 1 aromatic carbocycles. The number of aromatic nitrogens is 2. The molecule has 2 aromatic heterocycles. The van der Waals surface area contributed by atoms with E-state index in [1.165, 1.54) is 15.9 Å². The predicted octanol–water partition coefficient (Wildman–Crippen LogP) is 3.93. The number of hydrogen-bond acceptors (Lipinski definition) is 6. The molecule has 0 aliphatic carbocycles. The van der Waals surface area contributed by atoms with Gasteiger partial charge in [0.1, 0.15) is 16.2 Å². The third kappa shape index (κ3) is 3.63. The summed E-state index contributed by atoms with van der Waals surface area (Å²) in [5.74, 6) is -0.419. The molecule has 0 atom stereocenters. The number of ether oxygens (including phenoxy) is 1. The molecule has 0 unspecified atom stereocenters. The number of carbonyl (C=O) groups excluding carboxylic acids is 2. The van der Waals surface area contributed by atoms with Crippen LogP contribution < -0.4 is 10.9 Å². The highest BCUT2D eigenvalue weighted by Gasteiger charge is 2.35. The maximum absolute atomic E-state index is 13.4. The molecule has 0 bridgehead atoms. The molecule has 2 heterocycles. The van der Waals surface area contributed by atoms with Crippen molar-refractivity contribution in [2.75, 3.05) is 11.9 Å². The Morgan fingerprint density at radius 1 is 1.20 bits per heavy atom. The van der Waals surface area contributed by atoms with Crippen LogP contribution in [0, 0.1) is 20.8 Å². The Hall–Kier alpha value is -3.00. The molecule has 0 aliphatic heterocycles. The molecular weight excluding hydrogens is 402 g/mol. The number of anilines is 1. The second kappa shape index (κ2) is 8.02. The summed E-state index contributed by atoms with van der Waals surface area (Å²) in [6, 6.07) is 7.49. The van der Waals surface area contributed by atoms with Crippen LogP contribution in [0.3, 0.4) is 0 Å². The number of benzene rings is 1. The number of para-hydroxylation sites is 1. The standard InChI is InChI=1S/C22H25N3O4S/c1-7-29-21(28)22(5,6)25-14(4)23-19-16(20(25)27)13(3)17(30-19)18(26)24-15-11-9-8-10-12(15)2/h8-11H,7H2,1-6H3,(H,24,26). The number of thiophene rings is 1. The van der Waals surface area contributed by atoms with E-state index in [4.69, 9.17) is 4.74 Å². The van der Waals surface area contributed by atoms with Crippen molar-refractivity contribution in [3.63, 3.8) is 0 Å². The number of esters is 1. The quantitative estimate of drug-likeness (QED) is 0.623. The van der Waals surface area contributed by atoms with Gasteiger partial charge in [0.25, 0.3) is 11.5 Å². The van der Waals surface area contributed by atoms with Gasteiger partial charge in [0.15, 0.2) is 0 Å². The molecule has 0 fully saturated rings. The highest BCUT2D eigenvalue weighted by atomic mass is 32.1. The lowest BCUT2D eigenvalue weighted by Crippen LogP contribution is -2.45. The van der Waals surface area contributed by atoms with Gasteiger partial charge in [-0.05, 0) is 58.7 Å². The molecule has 0 spiro atoms. The van der Waals surface area contributed by atoms with E-state index in [0.717, 1.165) is 5.56 Å². The van der Waals surface area contributed by atoms with Gasteiger partial charge in [0.05, 0.1) is 16.9 Å². The Morgan fingerprint density at radius 3 is 2.50 bits per heavy atom. The summed E-state index contributed by atoms with van der Waals surface area (Å²) in [7, 11) is 0. The Bertz CT molecular complexity index is 1210. The fourth-order valence-electron chi connectivity index (χ4n) is 3.45. The zero-order valence-corrected chi connectivity index (χ0v) is 18.8. The van der Waals surface area contributed by atoms with Gasteiger partial charge in [-0.1, -0.05) is 18.2 Å². The third-order valence-electron chi connectivity index (χ3n) is 5.07. The summed E-state index contributed by atoms with van der Waals surface area (Å²) in [6.45, 7) is 10.5. The molecule has 0 radical (unpaired) electrons. The largest absolute Gasteiger partial charge is 0.464 e. The number of hydrogen-bond donors (Lipinski definition) is 1. The zero-order chi connectivity index (χ0) is 22.2. The zero-order valence-electron chi connectivity index (χ0n) is 18.0. The highest BCUT2D eigenvalue weighted by molar-refractivity contribution is 7.20. The Kier molecular flexibility index (Phi) is 5.81. The Balaban J connectivity index is 2.12. The number of nitrogens with zero attached hydrogens (tertiary/aromatic N) is 2. The van der Waals surface area contributed by atoms with Crippen LogP contribution in [-0.2, 0) is 15.1 Å². The van der Waals surface area contributed by atoms with Crippen LogP contribution in [0.15, 0.2) is 29.1 Å². The summed E-state index contributed by atoms with van der Waals surface area (Å²) in [5, 5.41) is 3.25. The van der Waals surface area contributed by atoms with Crippen molar-refractivity contribution in [3.05, 3.63) is 56.4 Å². The fraction of sp³-hybridized carbons (Fsp3) is 0.364. The van der Waals surface area contributed by atoms with Crippen molar-refractivity contribution < 1.29 is 14.3 Å². The van der Waals surface area contributed by atoms with Gasteiger partial charge < -0.3 is 10.1 Å². The SMILES string of the molecule is CCOC(=O)C(C)(C)n1c(C)nc2sc(C(=O)Nc3ccccc3C)c(C)c2c1=O.